The molecule has 2 aromatic rings. The van der Waals surface area contributed by atoms with Crippen molar-refractivity contribution in [3.63, 3.8) is 0 Å². The molecular formula is C19H18Cl2LiN3O3. The summed E-state index contributed by atoms with van der Waals surface area (Å²) in [6.45, 7) is 3.48. The molecule has 1 aliphatic carbocycles. The minimum absolute atomic E-state index is 0. The Morgan fingerprint density at radius 3 is 2.29 bits per heavy atom. The summed E-state index contributed by atoms with van der Waals surface area (Å²) >= 11 is 12.1. The van der Waals surface area contributed by atoms with Crippen molar-refractivity contribution in [1.29, 1.82) is 0 Å². The molecule has 0 radical (unpaired) electrons. The zero-order chi connectivity index (χ0) is 19.3. The number of piperidine rings is 1. The largest absolute Gasteiger partial charge is 1.00 e. The number of aromatic amines is 1. The molecule has 0 unspecified atom stereocenters. The maximum atomic E-state index is 12.4. The van der Waals surface area contributed by atoms with Crippen LogP contribution in [-0.2, 0) is 11.2 Å². The molecule has 2 fully saturated rings. The second-order valence-corrected chi connectivity index (χ2v) is 7.96. The number of aromatic nitrogens is 1. The van der Waals surface area contributed by atoms with Gasteiger partial charge in [0.25, 0.3) is 5.91 Å². The van der Waals surface area contributed by atoms with Gasteiger partial charge in [0, 0.05) is 54.7 Å². The van der Waals surface area contributed by atoms with Gasteiger partial charge in [0.15, 0.2) is 0 Å². The molecule has 2 heterocycles. The van der Waals surface area contributed by atoms with Gasteiger partial charge in [-0.2, -0.15) is 0 Å². The van der Waals surface area contributed by atoms with E-state index in [-0.39, 0.29) is 42.3 Å². The molecule has 4 rings (SSSR count). The first kappa shape index (κ1) is 21.1. The Balaban J connectivity index is 0.00000225. The molecule has 28 heavy (non-hydrogen) atoms. The Labute approximate surface area is 184 Å². The van der Waals surface area contributed by atoms with E-state index in [0.717, 1.165) is 24.3 Å². The standard InChI is InChI=1S/C19H19Cl2N3O3.Li/c1-9-15(20)16(21)18(22-9)19(27)23-17-12-7-24(8-13(12)17)11-4-2-10(3-5-11)6-14(25)26;/h2-5,12-13,17,22H,6-8H2,1H3,(H,23,27)(H,25,26);/q;+1/p-1/t12-,13+,17-;. The summed E-state index contributed by atoms with van der Waals surface area (Å²) in [5.74, 6) is -0.501. The number of rotatable bonds is 5. The smallest absolute Gasteiger partial charge is 0.550 e. The number of amides is 1. The van der Waals surface area contributed by atoms with Crippen molar-refractivity contribution in [3.05, 3.63) is 51.3 Å². The summed E-state index contributed by atoms with van der Waals surface area (Å²) in [5.41, 5.74) is 2.77. The SMILES string of the molecule is Cc1[nH]c(C(=O)N[C@@H]2[C@@H]3CN(c4ccc(CC(=O)[O-])cc4)C[C@@H]32)c(Cl)c1Cl.[Li+]. The van der Waals surface area contributed by atoms with Crippen LogP contribution in [0.2, 0.25) is 10.0 Å². The van der Waals surface area contributed by atoms with Crippen molar-refractivity contribution in [3.8, 4) is 0 Å². The number of halogens is 2. The van der Waals surface area contributed by atoms with Crippen LogP contribution < -0.4 is 34.2 Å². The van der Waals surface area contributed by atoms with E-state index in [1.807, 2.05) is 24.3 Å². The van der Waals surface area contributed by atoms with Crippen molar-refractivity contribution in [2.24, 2.45) is 11.8 Å². The third-order valence-corrected chi connectivity index (χ3v) is 6.37. The summed E-state index contributed by atoms with van der Waals surface area (Å²) in [4.78, 5) is 28.3. The average molecular weight is 414 g/mol. The Bertz CT molecular complexity index is 904. The minimum atomic E-state index is -1.08. The molecule has 6 nitrogen and oxygen atoms in total. The number of carbonyl (C=O) groups is 2. The van der Waals surface area contributed by atoms with Crippen LogP contribution in [-0.4, -0.2) is 36.0 Å². The van der Waals surface area contributed by atoms with E-state index in [1.165, 1.54) is 0 Å². The molecule has 1 saturated heterocycles. The van der Waals surface area contributed by atoms with Crippen LogP contribution in [0.4, 0.5) is 5.69 Å². The molecule has 0 bridgehead atoms. The average Bonchev–Trinajstić information content (AvgIpc) is 2.96. The summed E-state index contributed by atoms with van der Waals surface area (Å²) in [7, 11) is 0. The Morgan fingerprint density at radius 1 is 1.18 bits per heavy atom. The number of nitrogens with zero attached hydrogens (tertiary/aromatic N) is 1. The molecule has 2 aliphatic rings. The van der Waals surface area contributed by atoms with Gasteiger partial charge in [0.05, 0.1) is 10.0 Å². The van der Waals surface area contributed by atoms with Gasteiger partial charge in [-0.3, -0.25) is 4.79 Å². The number of hydrogen-bond donors (Lipinski definition) is 2. The predicted octanol–water partition coefficient (Wildman–Crippen LogP) is -1.21. The maximum Gasteiger partial charge on any atom is 1.00 e. The van der Waals surface area contributed by atoms with Crippen molar-refractivity contribution in [2.75, 3.05) is 18.0 Å². The van der Waals surface area contributed by atoms with Crippen LogP contribution in [0, 0.1) is 18.8 Å². The summed E-state index contributed by atoms with van der Waals surface area (Å²) in [6, 6.07) is 7.63. The molecule has 2 N–H and O–H groups in total. The molecule has 9 heteroatoms. The number of carboxylic acids is 1. The Kier molecular flexibility index (Phi) is 6.07. The van der Waals surface area contributed by atoms with Crippen LogP contribution in [0.15, 0.2) is 24.3 Å². The molecule has 1 amide bonds. The van der Waals surface area contributed by atoms with Gasteiger partial charge in [-0.15, -0.1) is 0 Å². The normalized spacial score (nSPS) is 22.4. The predicted molar refractivity (Wildman–Crippen MR) is 101 cm³/mol. The van der Waals surface area contributed by atoms with E-state index in [2.05, 4.69) is 15.2 Å². The quantitative estimate of drug-likeness (QED) is 0.602. The number of carbonyl (C=O) groups excluding carboxylic acids is 2. The third kappa shape index (κ3) is 3.92. The Hall–Kier alpha value is -1.58. The number of fused-ring (bicyclic) bond motifs is 1. The molecular weight excluding hydrogens is 396 g/mol. The number of aryl methyl sites for hydroxylation is 1. The van der Waals surface area contributed by atoms with Crippen molar-refractivity contribution < 1.29 is 33.6 Å². The van der Waals surface area contributed by atoms with Crippen molar-refractivity contribution >= 4 is 40.8 Å². The van der Waals surface area contributed by atoms with Gasteiger partial charge < -0.3 is 25.1 Å². The van der Waals surface area contributed by atoms with Crippen LogP contribution in [0.25, 0.3) is 0 Å². The fraction of sp³-hybridized carbons (Fsp3) is 0.368. The van der Waals surface area contributed by atoms with Crippen LogP contribution in [0.1, 0.15) is 21.7 Å². The van der Waals surface area contributed by atoms with E-state index in [4.69, 9.17) is 23.2 Å². The van der Waals surface area contributed by atoms with Gasteiger partial charge in [-0.1, -0.05) is 35.3 Å². The topological polar surface area (TPSA) is 88.3 Å². The Morgan fingerprint density at radius 2 is 1.79 bits per heavy atom. The second kappa shape index (κ2) is 8.04. The first-order valence-corrected chi connectivity index (χ1v) is 9.49. The van der Waals surface area contributed by atoms with Gasteiger partial charge >= 0.3 is 18.9 Å². The molecule has 3 atom stereocenters. The number of anilines is 1. The van der Waals surface area contributed by atoms with E-state index in [9.17, 15) is 14.7 Å². The van der Waals surface area contributed by atoms with Gasteiger partial charge in [-0.05, 0) is 24.6 Å². The molecule has 1 aliphatic heterocycles. The monoisotopic (exact) mass is 413 g/mol. The minimum Gasteiger partial charge on any atom is -0.550 e. The van der Waals surface area contributed by atoms with Crippen LogP contribution in [0.5, 0.6) is 0 Å². The molecule has 1 saturated carbocycles. The van der Waals surface area contributed by atoms with Crippen molar-refractivity contribution in [2.45, 2.75) is 19.4 Å². The van der Waals surface area contributed by atoms with Gasteiger partial charge in [0.2, 0.25) is 0 Å². The zero-order valence-electron chi connectivity index (χ0n) is 15.6. The molecule has 0 spiro atoms. The third-order valence-electron chi connectivity index (χ3n) is 5.42. The molecule has 142 valence electrons. The van der Waals surface area contributed by atoms with Crippen LogP contribution in [0.3, 0.4) is 0 Å². The molecule has 1 aromatic carbocycles. The number of benzene rings is 1. The number of aliphatic carboxylic acids is 1. The van der Waals surface area contributed by atoms with E-state index in [1.54, 1.807) is 6.92 Å². The number of nitrogens with one attached hydrogen (secondary N) is 2. The number of carboxylic acid groups (broad SMARTS) is 1. The molecule has 1 aromatic heterocycles. The van der Waals surface area contributed by atoms with Gasteiger partial charge in [-0.25, -0.2) is 0 Å². The zero-order valence-corrected chi connectivity index (χ0v) is 17.1. The summed E-state index contributed by atoms with van der Waals surface area (Å²) in [6.07, 6.45) is -0.0789. The van der Waals surface area contributed by atoms with E-state index < -0.39 is 5.97 Å². The van der Waals surface area contributed by atoms with Gasteiger partial charge in [0.1, 0.15) is 5.69 Å². The number of H-pyrrole nitrogens is 1. The fourth-order valence-electron chi connectivity index (χ4n) is 3.89. The first-order chi connectivity index (χ1) is 12.8. The summed E-state index contributed by atoms with van der Waals surface area (Å²) < 4.78 is 0. The van der Waals surface area contributed by atoms with E-state index >= 15 is 0 Å². The van der Waals surface area contributed by atoms with Crippen LogP contribution >= 0.6 is 23.2 Å². The second-order valence-electron chi connectivity index (χ2n) is 7.20. The fourth-order valence-corrected chi connectivity index (χ4v) is 4.31. The maximum absolute atomic E-state index is 12.4. The number of hydrogen-bond acceptors (Lipinski definition) is 4. The van der Waals surface area contributed by atoms with E-state index in [0.29, 0.717) is 28.2 Å². The van der Waals surface area contributed by atoms with Crippen molar-refractivity contribution in [1.82, 2.24) is 10.3 Å². The first-order valence-electron chi connectivity index (χ1n) is 8.73. The summed E-state index contributed by atoms with van der Waals surface area (Å²) in [5, 5.41) is 14.3.